The molecule has 0 aliphatic carbocycles. The van der Waals surface area contributed by atoms with Gasteiger partial charge in [0.1, 0.15) is 12.4 Å². The van der Waals surface area contributed by atoms with Crippen molar-refractivity contribution in [3.05, 3.63) is 94.5 Å². The Hall–Kier alpha value is -2.44. The summed E-state index contributed by atoms with van der Waals surface area (Å²) < 4.78 is 6.56. The Labute approximate surface area is 208 Å². The second kappa shape index (κ2) is 11.3. The Morgan fingerprint density at radius 1 is 0.882 bits per heavy atom. The molecule has 1 atom stereocenters. The molecule has 3 aromatic rings. The molecule has 0 radical (unpaired) electrons. The van der Waals surface area contributed by atoms with Crippen LogP contribution in [0.3, 0.4) is 0 Å². The largest absolute Gasteiger partial charge is 0.488 e. The van der Waals surface area contributed by atoms with Crippen LogP contribution < -0.4 is 10.0 Å². The average molecular weight is 474 g/mol. The molecule has 0 N–H and O–H groups in total. The standard InChI is InChI=1S/C31H40NOP/c1-8-31(9-2,34-28-18-14-13-17-26(28)21-32-30(5,6)7)27-20-23(3)19-24(4)29(27)33-22-25-15-11-10-12-16-25/h10-21,34H,8-9,22H2,1-7H3. The molecular formula is C31H40NOP. The summed E-state index contributed by atoms with van der Waals surface area (Å²) in [6.07, 6.45) is 4.17. The SMILES string of the molecule is CCC(CC)(Pc1ccccc1C=NC(C)(C)C)c1cc(C)cc(C)c1OCc1ccccc1. The molecule has 0 heterocycles. The number of ether oxygens (including phenoxy) is 1. The van der Waals surface area contributed by atoms with Crippen LogP contribution in [0.4, 0.5) is 0 Å². The molecule has 0 aliphatic rings. The van der Waals surface area contributed by atoms with Crippen molar-refractivity contribution in [1.29, 1.82) is 0 Å². The molecule has 0 saturated carbocycles. The lowest BCUT2D eigenvalue weighted by Gasteiger charge is -2.35. The first-order chi connectivity index (χ1) is 16.2. The molecule has 1 unspecified atom stereocenters. The van der Waals surface area contributed by atoms with Gasteiger partial charge in [-0.25, -0.2) is 0 Å². The molecule has 3 heteroatoms. The summed E-state index contributed by atoms with van der Waals surface area (Å²) in [5.41, 5.74) is 6.17. The second-order valence-corrected chi connectivity index (χ2v) is 11.9. The first kappa shape index (κ1) is 26.2. The van der Waals surface area contributed by atoms with Crippen molar-refractivity contribution >= 4 is 20.1 Å². The van der Waals surface area contributed by atoms with Crippen molar-refractivity contribution in [2.75, 3.05) is 0 Å². The van der Waals surface area contributed by atoms with Crippen molar-refractivity contribution in [2.24, 2.45) is 4.99 Å². The van der Waals surface area contributed by atoms with Crippen LogP contribution in [0.2, 0.25) is 0 Å². The van der Waals surface area contributed by atoms with Gasteiger partial charge in [0.15, 0.2) is 0 Å². The average Bonchev–Trinajstić information content (AvgIpc) is 2.81. The van der Waals surface area contributed by atoms with Crippen LogP contribution in [0, 0.1) is 13.8 Å². The third-order valence-electron chi connectivity index (χ3n) is 6.29. The van der Waals surface area contributed by atoms with Crippen LogP contribution >= 0.6 is 8.58 Å². The van der Waals surface area contributed by atoms with Gasteiger partial charge in [-0.05, 0) is 69.5 Å². The van der Waals surface area contributed by atoms with Crippen LogP contribution in [-0.4, -0.2) is 11.8 Å². The van der Waals surface area contributed by atoms with E-state index in [-0.39, 0.29) is 10.7 Å². The third kappa shape index (κ3) is 6.57. The van der Waals surface area contributed by atoms with Gasteiger partial charge in [0.05, 0.1) is 5.54 Å². The number of hydrogen-bond acceptors (Lipinski definition) is 2. The molecule has 3 rings (SSSR count). The fourth-order valence-electron chi connectivity index (χ4n) is 4.35. The summed E-state index contributed by atoms with van der Waals surface area (Å²) in [4.78, 5) is 4.81. The zero-order valence-electron chi connectivity index (χ0n) is 21.9. The second-order valence-electron chi connectivity index (χ2n) is 10.2. The van der Waals surface area contributed by atoms with Crippen LogP contribution in [0.1, 0.15) is 75.3 Å². The molecule has 3 aromatic carbocycles. The number of hydrogen-bond donors (Lipinski definition) is 0. The van der Waals surface area contributed by atoms with Crippen LogP contribution in [0.15, 0.2) is 71.7 Å². The third-order valence-corrected chi connectivity index (χ3v) is 8.47. The first-order valence-corrected chi connectivity index (χ1v) is 13.4. The van der Waals surface area contributed by atoms with Gasteiger partial charge in [0.25, 0.3) is 0 Å². The van der Waals surface area contributed by atoms with E-state index in [0.29, 0.717) is 15.2 Å². The van der Waals surface area contributed by atoms with Gasteiger partial charge in [-0.15, -0.1) is 0 Å². The number of rotatable bonds is 9. The van der Waals surface area contributed by atoms with Crippen molar-refractivity contribution in [1.82, 2.24) is 0 Å². The summed E-state index contributed by atoms with van der Waals surface area (Å²) in [6, 6.07) is 23.8. The molecule has 0 fully saturated rings. The fraction of sp³-hybridized carbons (Fsp3) is 0.387. The lowest BCUT2D eigenvalue weighted by atomic mass is 9.89. The highest BCUT2D eigenvalue weighted by Gasteiger charge is 2.33. The van der Waals surface area contributed by atoms with E-state index in [4.69, 9.17) is 9.73 Å². The van der Waals surface area contributed by atoms with Gasteiger partial charge in [-0.1, -0.05) is 94.7 Å². The molecule has 0 aromatic heterocycles. The number of aryl methyl sites for hydroxylation is 2. The van der Waals surface area contributed by atoms with E-state index in [1.54, 1.807) is 0 Å². The summed E-state index contributed by atoms with van der Waals surface area (Å²) in [6.45, 7) is 16.0. The lowest BCUT2D eigenvalue weighted by molar-refractivity contribution is 0.296. The van der Waals surface area contributed by atoms with E-state index in [2.05, 4.69) is 115 Å². The minimum absolute atomic E-state index is 0.00841. The maximum absolute atomic E-state index is 6.56. The maximum atomic E-state index is 6.56. The van der Waals surface area contributed by atoms with E-state index in [1.165, 1.54) is 33.1 Å². The zero-order valence-corrected chi connectivity index (χ0v) is 22.9. The molecule has 0 saturated heterocycles. The minimum Gasteiger partial charge on any atom is -0.488 e. The van der Waals surface area contributed by atoms with Gasteiger partial charge in [0.2, 0.25) is 0 Å². The molecular weight excluding hydrogens is 433 g/mol. The highest BCUT2D eigenvalue weighted by molar-refractivity contribution is 7.48. The Morgan fingerprint density at radius 3 is 2.18 bits per heavy atom. The minimum atomic E-state index is -0.0884. The fourth-order valence-corrected chi connectivity index (χ4v) is 6.01. The quantitative estimate of drug-likeness (QED) is 0.227. The molecule has 0 spiro atoms. The Kier molecular flexibility index (Phi) is 8.72. The predicted molar refractivity (Wildman–Crippen MR) is 151 cm³/mol. The van der Waals surface area contributed by atoms with E-state index in [0.717, 1.165) is 18.6 Å². The molecule has 34 heavy (non-hydrogen) atoms. The monoisotopic (exact) mass is 473 g/mol. The highest BCUT2D eigenvalue weighted by Crippen LogP contribution is 2.51. The smallest absolute Gasteiger partial charge is 0.126 e. The lowest BCUT2D eigenvalue weighted by Crippen LogP contribution is -2.24. The summed E-state index contributed by atoms with van der Waals surface area (Å²) in [5, 5.41) is 1.38. The van der Waals surface area contributed by atoms with E-state index >= 15 is 0 Å². The van der Waals surface area contributed by atoms with E-state index in [9.17, 15) is 0 Å². The van der Waals surface area contributed by atoms with E-state index < -0.39 is 0 Å². The van der Waals surface area contributed by atoms with Gasteiger partial charge in [-0.3, -0.25) is 4.99 Å². The zero-order chi connectivity index (χ0) is 24.8. The predicted octanol–water partition coefficient (Wildman–Crippen LogP) is 8.12. The maximum Gasteiger partial charge on any atom is 0.126 e. The van der Waals surface area contributed by atoms with E-state index in [1.807, 2.05) is 6.07 Å². The Morgan fingerprint density at radius 2 is 1.53 bits per heavy atom. The van der Waals surface area contributed by atoms with Crippen molar-refractivity contribution in [3.8, 4) is 5.75 Å². The van der Waals surface area contributed by atoms with Crippen molar-refractivity contribution in [2.45, 2.75) is 78.6 Å². The molecule has 0 aliphatic heterocycles. The van der Waals surface area contributed by atoms with Gasteiger partial charge < -0.3 is 4.74 Å². The Balaban J connectivity index is 2.04. The summed E-state index contributed by atoms with van der Waals surface area (Å²) in [5.74, 6) is 1.05. The molecule has 0 amide bonds. The van der Waals surface area contributed by atoms with Gasteiger partial charge in [-0.2, -0.15) is 0 Å². The normalized spacial score (nSPS) is 12.7. The number of aliphatic imine (C=N–C) groups is 1. The van der Waals surface area contributed by atoms with Crippen LogP contribution in [0.25, 0.3) is 0 Å². The molecule has 2 nitrogen and oxygen atoms in total. The highest BCUT2D eigenvalue weighted by atomic mass is 31.1. The van der Waals surface area contributed by atoms with Gasteiger partial charge >= 0.3 is 0 Å². The van der Waals surface area contributed by atoms with Gasteiger partial charge in [0, 0.05) is 16.9 Å². The summed E-state index contributed by atoms with van der Waals surface area (Å²) in [7, 11) is 0.624. The van der Waals surface area contributed by atoms with Crippen molar-refractivity contribution < 1.29 is 4.74 Å². The van der Waals surface area contributed by atoms with Crippen LogP contribution in [-0.2, 0) is 11.8 Å². The first-order valence-electron chi connectivity index (χ1n) is 12.4. The topological polar surface area (TPSA) is 21.6 Å². The molecule has 0 bridgehead atoms. The number of nitrogens with zero attached hydrogens (tertiary/aromatic N) is 1. The van der Waals surface area contributed by atoms with Crippen molar-refractivity contribution in [3.63, 3.8) is 0 Å². The Bertz CT molecular complexity index is 1110. The molecule has 180 valence electrons. The number of benzene rings is 3. The van der Waals surface area contributed by atoms with Crippen LogP contribution in [0.5, 0.6) is 5.75 Å². The summed E-state index contributed by atoms with van der Waals surface area (Å²) >= 11 is 0.